The Kier molecular flexibility index (Phi) is 3.50. The van der Waals surface area contributed by atoms with Crippen molar-refractivity contribution >= 4 is 32.9 Å². The van der Waals surface area contributed by atoms with E-state index in [0.717, 1.165) is 40.6 Å². The van der Waals surface area contributed by atoms with Gasteiger partial charge in [0.05, 0.1) is 5.39 Å². The largest absolute Gasteiger partial charge is 0.378 e. The van der Waals surface area contributed by atoms with Crippen LogP contribution in [0.5, 0.6) is 0 Å². The molecule has 0 fully saturated rings. The lowest BCUT2D eigenvalue weighted by atomic mass is 9.89. The van der Waals surface area contributed by atoms with Crippen LogP contribution in [0.3, 0.4) is 0 Å². The molecule has 0 radical (unpaired) electrons. The van der Waals surface area contributed by atoms with Gasteiger partial charge in [-0.3, -0.25) is 0 Å². The van der Waals surface area contributed by atoms with Crippen LogP contribution in [0.25, 0.3) is 27.3 Å². The first kappa shape index (κ1) is 15.8. The SMILES string of the molecule is C[C@@H]1CCc2c(sc3ncn4nc(-c5ccc(N(C)C)cc5)nc4c23)C1. The second-order valence-corrected chi connectivity index (χ2v) is 8.50. The molecule has 1 atom stereocenters. The van der Waals surface area contributed by atoms with E-state index in [2.05, 4.69) is 46.2 Å². The van der Waals surface area contributed by atoms with E-state index in [0.29, 0.717) is 0 Å². The summed E-state index contributed by atoms with van der Waals surface area (Å²) in [7, 11) is 4.09. The van der Waals surface area contributed by atoms with Gasteiger partial charge in [-0.05, 0) is 55.0 Å². The summed E-state index contributed by atoms with van der Waals surface area (Å²) in [6.07, 6.45) is 5.33. The van der Waals surface area contributed by atoms with Gasteiger partial charge in [0.1, 0.15) is 11.2 Å². The second-order valence-electron chi connectivity index (χ2n) is 7.42. The molecule has 5 rings (SSSR count). The molecule has 1 aromatic carbocycles. The maximum atomic E-state index is 4.89. The number of thiophene rings is 1. The standard InChI is InChI=1S/C20H21N5S/c1-12-4-9-15-16(10-12)26-20-17(15)19-22-18(23-25(19)11-21-20)13-5-7-14(8-6-13)24(2)3/h5-8,11-12H,4,9-10H2,1-3H3/t12-/m1/s1. The van der Waals surface area contributed by atoms with Gasteiger partial charge in [-0.1, -0.05) is 6.92 Å². The van der Waals surface area contributed by atoms with Crippen molar-refractivity contribution in [1.29, 1.82) is 0 Å². The first-order chi connectivity index (χ1) is 12.6. The minimum atomic E-state index is 0.758. The predicted octanol–water partition coefficient (Wildman–Crippen LogP) is 4.20. The topological polar surface area (TPSA) is 46.3 Å². The van der Waals surface area contributed by atoms with Gasteiger partial charge in [0.15, 0.2) is 11.5 Å². The minimum Gasteiger partial charge on any atom is -0.378 e. The quantitative estimate of drug-likeness (QED) is 0.535. The van der Waals surface area contributed by atoms with Gasteiger partial charge in [0.2, 0.25) is 0 Å². The van der Waals surface area contributed by atoms with Gasteiger partial charge >= 0.3 is 0 Å². The second kappa shape index (κ2) is 5.77. The number of benzene rings is 1. The van der Waals surface area contributed by atoms with Crippen molar-refractivity contribution in [2.45, 2.75) is 26.2 Å². The van der Waals surface area contributed by atoms with Crippen LogP contribution in [0.2, 0.25) is 0 Å². The van der Waals surface area contributed by atoms with Crippen molar-refractivity contribution in [1.82, 2.24) is 19.6 Å². The molecule has 5 nitrogen and oxygen atoms in total. The molecule has 1 aliphatic carbocycles. The van der Waals surface area contributed by atoms with Crippen molar-refractivity contribution < 1.29 is 0 Å². The monoisotopic (exact) mass is 363 g/mol. The molecule has 0 amide bonds. The summed E-state index contributed by atoms with van der Waals surface area (Å²) in [4.78, 5) is 14.2. The Hall–Kier alpha value is -2.47. The Morgan fingerprint density at radius 1 is 1.19 bits per heavy atom. The molecule has 4 aromatic rings. The van der Waals surface area contributed by atoms with Crippen LogP contribution in [-0.4, -0.2) is 33.7 Å². The van der Waals surface area contributed by atoms with E-state index in [1.807, 2.05) is 29.9 Å². The molecule has 6 heteroatoms. The smallest absolute Gasteiger partial charge is 0.182 e. The number of anilines is 1. The van der Waals surface area contributed by atoms with Gasteiger partial charge < -0.3 is 4.90 Å². The van der Waals surface area contributed by atoms with Crippen LogP contribution in [0, 0.1) is 5.92 Å². The molecular weight excluding hydrogens is 342 g/mol. The number of rotatable bonds is 2. The third-order valence-electron chi connectivity index (χ3n) is 5.27. The Labute approximate surface area is 156 Å². The first-order valence-electron chi connectivity index (χ1n) is 9.03. The Balaban J connectivity index is 1.66. The van der Waals surface area contributed by atoms with Crippen molar-refractivity contribution in [3.63, 3.8) is 0 Å². The fourth-order valence-corrected chi connectivity index (χ4v) is 5.12. The van der Waals surface area contributed by atoms with Crippen LogP contribution in [0.15, 0.2) is 30.6 Å². The summed E-state index contributed by atoms with van der Waals surface area (Å²) >= 11 is 1.83. The summed E-state index contributed by atoms with van der Waals surface area (Å²) < 4.78 is 1.84. The first-order valence-corrected chi connectivity index (χ1v) is 9.85. The maximum absolute atomic E-state index is 4.89. The molecule has 3 heterocycles. The van der Waals surface area contributed by atoms with E-state index in [-0.39, 0.29) is 0 Å². The van der Waals surface area contributed by atoms with Gasteiger partial charge in [-0.25, -0.2) is 14.5 Å². The molecule has 0 unspecified atom stereocenters. The zero-order valence-electron chi connectivity index (χ0n) is 15.2. The Morgan fingerprint density at radius 2 is 2.00 bits per heavy atom. The summed E-state index contributed by atoms with van der Waals surface area (Å²) in [6, 6.07) is 8.37. The number of aryl methyl sites for hydroxylation is 1. The van der Waals surface area contributed by atoms with Gasteiger partial charge in [0, 0.05) is 30.2 Å². The Morgan fingerprint density at radius 3 is 2.77 bits per heavy atom. The minimum absolute atomic E-state index is 0.758. The summed E-state index contributed by atoms with van der Waals surface area (Å²) in [5, 5.41) is 5.90. The van der Waals surface area contributed by atoms with Crippen molar-refractivity contribution in [3.05, 3.63) is 41.0 Å². The van der Waals surface area contributed by atoms with Gasteiger partial charge in [-0.15, -0.1) is 16.4 Å². The van der Waals surface area contributed by atoms with Crippen LogP contribution in [0.1, 0.15) is 23.8 Å². The zero-order valence-corrected chi connectivity index (χ0v) is 16.0. The fraction of sp³-hybridized carbons (Fsp3) is 0.350. The molecule has 132 valence electrons. The van der Waals surface area contributed by atoms with E-state index in [1.54, 1.807) is 6.33 Å². The number of fused-ring (bicyclic) bond motifs is 5. The molecule has 0 saturated heterocycles. The van der Waals surface area contributed by atoms with E-state index in [9.17, 15) is 0 Å². The summed E-state index contributed by atoms with van der Waals surface area (Å²) in [5.41, 5.74) is 4.59. The number of nitrogens with zero attached hydrogens (tertiary/aromatic N) is 5. The van der Waals surface area contributed by atoms with E-state index in [1.165, 1.54) is 27.9 Å². The van der Waals surface area contributed by atoms with E-state index >= 15 is 0 Å². The molecule has 0 N–H and O–H groups in total. The molecular formula is C20H21N5S. The van der Waals surface area contributed by atoms with Gasteiger partial charge in [-0.2, -0.15) is 0 Å². The van der Waals surface area contributed by atoms with Gasteiger partial charge in [0.25, 0.3) is 0 Å². The molecule has 3 aromatic heterocycles. The van der Waals surface area contributed by atoms with Crippen molar-refractivity contribution in [3.8, 4) is 11.4 Å². The number of aromatic nitrogens is 4. The lowest BCUT2D eigenvalue weighted by Crippen LogP contribution is -2.08. The molecule has 0 bridgehead atoms. The average Bonchev–Trinajstić information content (AvgIpc) is 3.21. The maximum Gasteiger partial charge on any atom is 0.182 e. The highest BCUT2D eigenvalue weighted by molar-refractivity contribution is 7.19. The zero-order chi connectivity index (χ0) is 17.8. The average molecular weight is 363 g/mol. The fourth-order valence-electron chi connectivity index (χ4n) is 3.77. The van der Waals surface area contributed by atoms with Crippen LogP contribution in [-0.2, 0) is 12.8 Å². The molecule has 0 saturated carbocycles. The van der Waals surface area contributed by atoms with E-state index in [4.69, 9.17) is 4.98 Å². The van der Waals surface area contributed by atoms with Crippen LogP contribution >= 0.6 is 11.3 Å². The highest BCUT2D eigenvalue weighted by Gasteiger charge is 2.23. The lowest BCUT2D eigenvalue weighted by molar-refractivity contribution is 0.509. The van der Waals surface area contributed by atoms with Crippen LogP contribution < -0.4 is 4.90 Å². The lowest BCUT2D eigenvalue weighted by Gasteiger charge is -2.17. The van der Waals surface area contributed by atoms with Crippen LogP contribution in [0.4, 0.5) is 5.69 Å². The van der Waals surface area contributed by atoms with Crippen molar-refractivity contribution in [2.75, 3.05) is 19.0 Å². The molecule has 0 spiro atoms. The third-order valence-corrected chi connectivity index (χ3v) is 6.44. The highest BCUT2D eigenvalue weighted by atomic mass is 32.1. The highest BCUT2D eigenvalue weighted by Crippen LogP contribution is 2.38. The molecule has 1 aliphatic rings. The van der Waals surface area contributed by atoms with Crippen molar-refractivity contribution in [2.24, 2.45) is 5.92 Å². The number of hydrogen-bond donors (Lipinski definition) is 0. The molecule has 26 heavy (non-hydrogen) atoms. The number of hydrogen-bond acceptors (Lipinski definition) is 5. The normalized spacial score (nSPS) is 17.0. The third kappa shape index (κ3) is 2.40. The summed E-state index contributed by atoms with van der Waals surface area (Å²) in [6.45, 7) is 2.34. The molecule has 0 aliphatic heterocycles. The van der Waals surface area contributed by atoms with E-state index < -0.39 is 0 Å². The Bertz CT molecular complexity index is 1110. The predicted molar refractivity (Wildman–Crippen MR) is 107 cm³/mol. The summed E-state index contributed by atoms with van der Waals surface area (Å²) in [5.74, 6) is 1.52.